The van der Waals surface area contributed by atoms with Gasteiger partial charge >= 0.3 is 11.9 Å². The average molecular weight is 372 g/mol. The van der Waals surface area contributed by atoms with E-state index >= 15 is 0 Å². The molecule has 0 aliphatic heterocycles. The van der Waals surface area contributed by atoms with Crippen LogP contribution < -0.4 is 5.32 Å². The molecule has 0 heterocycles. The highest BCUT2D eigenvalue weighted by molar-refractivity contribution is 5.86. The van der Waals surface area contributed by atoms with Crippen molar-refractivity contribution in [1.29, 1.82) is 0 Å². The number of carboxylic acid groups (broad SMARTS) is 1. The van der Waals surface area contributed by atoms with Crippen LogP contribution in [0.25, 0.3) is 0 Å². The zero-order valence-electron chi connectivity index (χ0n) is 16.7. The fourth-order valence-corrected chi connectivity index (χ4v) is 2.21. The third-order valence-electron chi connectivity index (χ3n) is 3.93. The second-order valence-electron chi connectivity index (χ2n) is 7.35. The molecule has 26 heavy (non-hydrogen) atoms. The number of aliphatic carboxylic acids is 1. The van der Waals surface area contributed by atoms with Gasteiger partial charge in [-0.3, -0.25) is 9.59 Å². The standard InChI is InChI=1S/C18H32N2O6/c1-10(2)8-14(17(23)24)20(7)16(22)12(5)9-26-18(25)13(6)19-15(21)11(3)4/h10-14H,8-9H2,1-7H3,(H,19,21)(H,23,24)/t12?,13-,14?/m1/s1. The van der Waals surface area contributed by atoms with Crippen molar-refractivity contribution >= 4 is 23.8 Å². The lowest BCUT2D eigenvalue weighted by atomic mass is 10.0. The Morgan fingerprint density at radius 1 is 1.04 bits per heavy atom. The van der Waals surface area contributed by atoms with Crippen LogP contribution in [0.1, 0.15) is 48.0 Å². The molecule has 3 atom stereocenters. The lowest BCUT2D eigenvalue weighted by Crippen LogP contribution is -2.46. The van der Waals surface area contributed by atoms with Gasteiger partial charge in [0.25, 0.3) is 0 Å². The number of carbonyl (C=O) groups excluding carboxylic acids is 3. The molecule has 2 amide bonds. The molecule has 0 bridgehead atoms. The molecule has 150 valence electrons. The van der Waals surface area contributed by atoms with Crippen LogP contribution in [0.3, 0.4) is 0 Å². The van der Waals surface area contributed by atoms with Crippen molar-refractivity contribution in [1.82, 2.24) is 10.2 Å². The molecule has 0 saturated heterocycles. The van der Waals surface area contributed by atoms with Gasteiger partial charge in [0, 0.05) is 13.0 Å². The summed E-state index contributed by atoms with van der Waals surface area (Å²) in [4.78, 5) is 48.5. The summed E-state index contributed by atoms with van der Waals surface area (Å²) in [5, 5.41) is 11.8. The van der Waals surface area contributed by atoms with Gasteiger partial charge in [0.2, 0.25) is 11.8 Å². The van der Waals surface area contributed by atoms with Crippen molar-refractivity contribution in [3.8, 4) is 0 Å². The van der Waals surface area contributed by atoms with Crippen molar-refractivity contribution in [2.45, 2.75) is 60.0 Å². The topological polar surface area (TPSA) is 113 Å². The number of esters is 1. The van der Waals surface area contributed by atoms with Crippen LogP contribution >= 0.6 is 0 Å². The molecular formula is C18H32N2O6. The van der Waals surface area contributed by atoms with Crippen molar-refractivity contribution in [3.63, 3.8) is 0 Å². The number of hydrogen-bond donors (Lipinski definition) is 2. The number of rotatable bonds is 10. The van der Waals surface area contributed by atoms with Crippen LogP contribution in [0.5, 0.6) is 0 Å². The van der Waals surface area contributed by atoms with Crippen LogP contribution in [0.2, 0.25) is 0 Å². The van der Waals surface area contributed by atoms with E-state index in [-0.39, 0.29) is 24.3 Å². The van der Waals surface area contributed by atoms with Gasteiger partial charge in [0.1, 0.15) is 18.7 Å². The van der Waals surface area contributed by atoms with Crippen LogP contribution in [-0.4, -0.2) is 59.5 Å². The van der Waals surface area contributed by atoms with Gasteiger partial charge in [-0.25, -0.2) is 9.59 Å². The molecule has 2 unspecified atom stereocenters. The molecule has 0 aliphatic rings. The fraction of sp³-hybridized carbons (Fsp3) is 0.778. The Kier molecular flexibility index (Phi) is 9.90. The number of likely N-dealkylation sites (N-methyl/N-ethyl adjacent to an activating group) is 1. The molecule has 8 heteroatoms. The molecule has 0 aromatic rings. The maximum absolute atomic E-state index is 12.4. The van der Waals surface area contributed by atoms with Gasteiger partial charge in [-0.15, -0.1) is 0 Å². The van der Waals surface area contributed by atoms with Crippen LogP contribution in [0.4, 0.5) is 0 Å². The molecule has 8 nitrogen and oxygen atoms in total. The fourth-order valence-electron chi connectivity index (χ4n) is 2.21. The normalized spacial score (nSPS) is 14.5. The number of carboxylic acids is 1. The molecule has 0 saturated carbocycles. The predicted octanol–water partition coefficient (Wildman–Crippen LogP) is 1.28. The van der Waals surface area contributed by atoms with Crippen LogP contribution in [-0.2, 0) is 23.9 Å². The first-order chi connectivity index (χ1) is 11.9. The number of nitrogens with zero attached hydrogens (tertiary/aromatic N) is 1. The van der Waals surface area contributed by atoms with Gasteiger partial charge in [-0.2, -0.15) is 0 Å². The van der Waals surface area contributed by atoms with Crippen LogP contribution in [0, 0.1) is 17.8 Å². The van der Waals surface area contributed by atoms with E-state index in [4.69, 9.17) is 4.74 Å². The highest BCUT2D eigenvalue weighted by atomic mass is 16.5. The first-order valence-corrected chi connectivity index (χ1v) is 8.84. The second-order valence-corrected chi connectivity index (χ2v) is 7.35. The maximum Gasteiger partial charge on any atom is 0.328 e. The van der Waals surface area contributed by atoms with Crippen molar-refractivity contribution in [2.24, 2.45) is 17.8 Å². The van der Waals surface area contributed by atoms with Crippen molar-refractivity contribution < 1.29 is 29.0 Å². The number of hydrogen-bond acceptors (Lipinski definition) is 5. The lowest BCUT2D eigenvalue weighted by Gasteiger charge is -2.28. The minimum atomic E-state index is -1.07. The van der Waals surface area contributed by atoms with Crippen LogP contribution in [0.15, 0.2) is 0 Å². The zero-order chi connectivity index (χ0) is 20.6. The Morgan fingerprint density at radius 3 is 2.00 bits per heavy atom. The first kappa shape index (κ1) is 23.9. The van der Waals surface area contributed by atoms with E-state index in [0.717, 1.165) is 0 Å². The maximum atomic E-state index is 12.4. The molecule has 0 rings (SSSR count). The predicted molar refractivity (Wildman–Crippen MR) is 96.2 cm³/mol. The number of ether oxygens (including phenoxy) is 1. The Hall–Kier alpha value is -2.12. The number of amides is 2. The molecule has 0 spiro atoms. The largest absolute Gasteiger partial charge is 0.480 e. The summed E-state index contributed by atoms with van der Waals surface area (Å²) in [7, 11) is 1.44. The zero-order valence-corrected chi connectivity index (χ0v) is 16.7. The van der Waals surface area contributed by atoms with Gasteiger partial charge in [-0.1, -0.05) is 34.6 Å². The molecule has 0 aliphatic carbocycles. The third-order valence-corrected chi connectivity index (χ3v) is 3.93. The monoisotopic (exact) mass is 372 g/mol. The molecule has 0 aromatic carbocycles. The van der Waals surface area contributed by atoms with E-state index in [0.29, 0.717) is 6.42 Å². The van der Waals surface area contributed by atoms with E-state index in [9.17, 15) is 24.3 Å². The quantitative estimate of drug-likeness (QED) is 0.559. The average Bonchev–Trinajstić information content (AvgIpc) is 2.54. The van der Waals surface area contributed by atoms with Crippen molar-refractivity contribution in [3.05, 3.63) is 0 Å². The van der Waals surface area contributed by atoms with E-state index in [1.165, 1.54) is 18.9 Å². The summed E-state index contributed by atoms with van der Waals surface area (Å²) in [6.07, 6.45) is 0.336. The Bertz CT molecular complexity index is 518. The Morgan fingerprint density at radius 2 is 1.58 bits per heavy atom. The highest BCUT2D eigenvalue weighted by Crippen LogP contribution is 2.14. The third kappa shape index (κ3) is 7.84. The summed E-state index contributed by atoms with van der Waals surface area (Å²) < 4.78 is 5.09. The summed E-state index contributed by atoms with van der Waals surface area (Å²) in [5.74, 6) is -3.22. The van der Waals surface area contributed by atoms with E-state index in [1.54, 1.807) is 20.8 Å². The molecule has 0 aromatic heterocycles. The number of carbonyl (C=O) groups is 4. The van der Waals surface area contributed by atoms with Crippen molar-refractivity contribution in [2.75, 3.05) is 13.7 Å². The second kappa shape index (κ2) is 10.8. The highest BCUT2D eigenvalue weighted by Gasteiger charge is 2.30. The molecule has 0 radical (unpaired) electrons. The SMILES string of the molecule is CC(C)CC(C(=O)O)N(C)C(=O)C(C)COC(=O)[C@@H](C)NC(=O)C(C)C. The smallest absolute Gasteiger partial charge is 0.328 e. The molecule has 0 fully saturated rings. The summed E-state index contributed by atoms with van der Waals surface area (Å²) in [6.45, 7) is 10.1. The van der Waals surface area contributed by atoms with Gasteiger partial charge in [-0.05, 0) is 19.3 Å². The van der Waals surface area contributed by atoms with Gasteiger partial charge in [0.15, 0.2) is 0 Å². The minimum absolute atomic E-state index is 0.116. The molecular weight excluding hydrogens is 340 g/mol. The molecule has 2 N–H and O–H groups in total. The minimum Gasteiger partial charge on any atom is -0.480 e. The summed E-state index contributed by atoms with van der Waals surface area (Å²) >= 11 is 0. The Labute approximate surface area is 155 Å². The summed E-state index contributed by atoms with van der Waals surface area (Å²) in [5.41, 5.74) is 0. The van der Waals surface area contributed by atoms with E-state index in [2.05, 4.69) is 5.32 Å². The van der Waals surface area contributed by atoms with E-state index < -0.39 is 35.8 Å². The first-order valence-electron chi connectivity index (χ1n) is 8.84. The summed E-state index contributed by atoms with van der Waals surface area (Å²) in [6, 6.07) is -1.75. The van der Waals surface area contributed by atoms with Gasteiger partial charge < -0.3 is 20.1 Å². The Balaban J connectivity index is 4.67. The number of nitrogens with one attached hydrogen (secondary N) is 1. The van der Waals surface area contributed by atoms with E-state index in [1.807, 2.05) is 13.8 Å². The van der Waals surface area contributed by atoms with Gasteiger partial charge in [0.05, 0.1) is 5.92 Å². The lowest BCUT2D eigenvalue weighted by molar-refractivity contribution is -0.155.